The smallest absolute Gasteiger partial charge is 0.0701 e. The molecule has 0 aromatic carbocycles. The highest BCUT2D eigenvalue weighted by atomic mass is 16.5. The number of nitrogens with one attached hydrogen (secondary N) is 1. The van der Waals surface area contributed by atoms with Crippen molar-refractivity contribution in [3.8, 4) is 0 Å². The molecular weight excluding hydrogens is 242 g/mol. The maximum atomic E-state index is 5.48. The number of hydrogen-bond acceptors (Lipinski definition) is 4. The van der Waals surface area contributed by atoms with Crippen molar-refractivity contribution in [1.29, 1.82) is 0 Å². The molecule has 0 rings (SSSR count). The molecule has 0 bridgehead atoms. The van der Waals surface area contributed by atoms with Gasteiger partial charge in [-0.25, -0.2) is 0 Å². The molecule has 4 heteroatoms. The standard InChI is InChI=1S/C15H33NO3/c1-4-5-6-7-8-15(2)16-9-10-18-13-14-19-12-11-17-3/h15-16H,4-14H2,1-3H3. The molecule has 0 aliphatic carbocycles. The van der Waals surface area contributed by atoms with Gasteiger partial charge in [-0.05, 0) is 13.3 Å². The summed E-state index contributed by atoms with van der Waals surface area (Å²) in [4.78, 5) is 0. The summed E-state index contributed by atoms with van der Waals surface area (Å²) in [6.45, 7) is 8.79. The SMILES string of the molecule is CCCCCCC(C)NCCOCCOCCOC. The average Bonchev–Trinajstić information content (AvgIpc) is 2.42. The molecule has 0 aliphatic heterocycles. The van der Waals surface area contributed by atoms with Gasteiger partial charge in [0.15, 0.2) is 0 Å². The molecule has 0 amide bonds. The van der Waals surface area contributed by atoms with Crippen LogP contribution in [0.5, 0.6) is 0 Å². The van der Waals surface area contributed by atoms with Crippen LogP contribution in [0.3, 0.4) is 0 Å². The van der Waals surface area contributed by atoms with Gasteiger partial charge >= 0.3 is 0 Å². The molecule has 0 aromatic rings. The van der Waals surface area contributed by atoms with E-state index in [1.807, 2.05) is 0 Å². The Morgan fingerprint density at radius 1 is 0.895 bits per heavy atom. The topological polar surface area (TPSA) is 39.7 Å². The first-order valence-electron chi connectivity index (χ1n) is 7.69. The van der Waals surface area contributed by atoms with Gasteiger partial charge in [0.05, 0.1) is 33.0 Å². The number of methoxy groups -OCH3 is 1. The van der Waals surface area contributed by atoms with E-state index >= 15 is 0 Å². The molecule has 0 radical (unpaired) electrons. The lowest BCUT2D eigenvalue weighted by Crippen LogP contribution is -2.29. The maximum absolute atomic E-state index is 5.48. The van der Waals surface area contributed by atoms with Crippen LogP contribution in [0, 0.1) is 0 Å². The van der Waals surface area contributed by atoms with Crippen LogP contribution in [-0.4, -0.2) is 52.7 Å². The minimum atomic E-state index is 0.596. The Morgan fingerprint density at radius 3 is 2.26 bits per heavy atom. The van der Waals surface area contributed by atoms with Crippen molar-refractivity contribution in [2.45, 2.75) is 52.0 Å². The van der Waals surface area contributed by atoms with Crippen molar-refractivity contribution in [3.63, 3.8) is 0 Å². The van der Waals surface area contributed by atoms with Crippen molar-refractivity contribution < 1.29 is 14.2 Å². The van der Waals surface area contributed by atoms with Crippen LogP contribution in [-0.2, 0) is 14.2 Å². The van der Waals surface area contributed by atoms with Gasteiger partial charge < -0.3 is 19.5 Å². The molecule has 1 atom stereocenters. The van der Waals surface area contributed by atoms with Gasteiger partial charge in [0.1, 0.15) is 0 Å². The Kier molecular flexibility index (Phi) is 15.8. The lowest BCUT2D eigenvalue weighted by atomic mass is 10.1. The zero-order valence-electron chi connectivity index (χ0n) is 13.1. The largest absolute Gasteiger partial charge is 0.382 e. The van der Waals surface area contributed by atoms with Crippen molar-refractivity contribution in [3.05, 3.63) is 0 Å². The van der Waals surface area contributed by atoms with Gasteiger partial charge in [-0.1, -0.05) is 32.6 Å². The van der Waals surface area contributed by atoms with E-state index in [1.165, 1.54) is 32.1 Å². The highest BCUT2D eigenvalue weighted by Gasteiger charge is 2.00. The summed E-state index contributed by atoms with van der Waals surface area (Å²) in [5.74, 6) is 0. The second kappa shape index (κ2) is 15.9. The predicted octanol–water partition coefficient (Wildman–Crippen LogP) is 2.61. The summed E-state index contributed by atoms with van der Waals surface area (Å²) in [5, 5.41) is 3.48. The molecule has 0 spiro atoms. The second-order valence-electron chi connectivity index (χ2n) is 4.92. The zero-order chi connectivity index (χ0) is 14.2. The molecule has 0 saturated heterocycles. The Balaban J connectivity index is 3.07. The van der Waals surface area contributed by atoms with Gasteiger partial charge in [-0.3, -0.25) is 0 Å². The van der Waals surface area contributed by atoms with Gasteiger partial charge in [0.2, 0.25) is 0 Å². The van der Waals surface area contributed by atoms with Gasteiger partial charge in [-0.15, -0.1) is 0 Å². The molecule has 19 heavy (non-hydrogen) atoms. The van der Waals surface area contributed by atoms with E-state index in [-0.39, 0.29) is 0 Å². The summed E-state index contributed by atoms with van der Waals surface area (Å²) in [7, 11) is 1.68. The first kappa shape index (κ1) is 18.8. The molecule has 0 heterocycles. The van der Waals surface area contributed by atoms with Crippen molar-refractivity contribution in [2.24, 2.45) is 0 Å². The van der Waals surface area contributed by atoms with Crippen molar-refractivity contribution in [2.75, 3.05) is 46.7 Å². The molecule has 4 nitrogen and oxygen atoms in total. The van der Waals surface area contributed by atoms with E-state index in [2.05, 4.69) is 19.2 Å². The molecule has 1 N–H and O–H groups in total. The van der Waals surface area contributed by atoms with Crippen molar-refractivity contribution in [1.82, 2.24) is 5.32 Å². The summed E-state index contributed by atoms with van der Waals surface area (Å²) < 4.78 is 15.7. The summed E-state index contributed by atoms with van der Waals surface area (Å²) in [6, 6.07) is 0.596. The fourth-order valence-electron chi connectivity index (χ4n) is 1.82. The minimum absolute atomic E-state index is 0.596. The van der Waals surface area contributed by atoms with Gasteiger partial charge in [0, 0.05) is 19.7 Å². The number of ether oxygens (including phenoxy) is 3. The molecule has 0 saturated carbocycles. The lowest BCUT2D eigenvalue weighted by Gasteiger charge is -2.13. The average molecular weight is 275 g/mol. The molecular formula is C15H33NO3. The van der Waals surface area contributed by atoms with E-state index in [0.717, 1.165) is 13.2 Å². The second-order valence-corrected chi connectivity index (χ2v) is 4.92. The van der Waals surface area contributed by atoms with Crippen LogP contribution in [0.4, 0.5) is 0 Å². The highest BCUT2D eigenvalue weighted by Crippen LogP contribution is 2.04. The maximum Gasteiger partial charge on any atom is 0.0701 e. The summed E-state index contributed by atoms with van der Waals surface area (Å²) in [6.07, 6.45) is 6.62. The Hall–Kier alpha value is -0.160. The van der Waals surface area contributed by atoms with Crippen LogP contribution >= 0.6 is 0 Å². The normalized spacial score (nSPS) is 12.8. The fourth-order valence-corrected chi connectivity index (χ4v) is 1.82. The Morgan fingerprint density at radius 2 is 1.58 bits per heavy atom. The number of hydrogen-bond donors (Lipinski definition) is 1. The van der Waals surface area contributed by atoms with Crippen molar-refractivity contribution >= 4 is 0 Å². The monoisotopic (exact) mass is 275 g/mol. The fraction of sp³-hybridized carbons (Fsp3) is 1.00. The third kappa shape index (κ3) is 15.8. The van der Waals surface area contributed by atoms with Crippen LogP contribution in [0.1, 0.15) is 46.0 Å². The zero-order valence-corrected chi connectivity index (χ0v) is 13.1. The minimum Gasteiger partial charge on any atom is -0.382 e. The molecule has 0 aliphatic rings. The summed E-state index contributed by atoms with van der Waals surface area (Å²) in [5.41, 5.74) is 0. The van der Waals surface area contributed by atoms with E-state index in [0.29, 0.717) is 32.5 Å². The van der Waals surface area contributed by atoms with E-state index in [9.17, 15) is 0 Å². The molecule has 0 fully saturated rings. The van der Waals surface area contributed by atoms with E-state index in [4.69, 9.17) is 14.2 Å². The first-order chi connectivity index (χ1) is 9.31. The van der Waals surface area contributed by atoms with Gasteiger partial charge in [0.25, 0.3) is 0 Å². The van der Waals surface area contributed by atoms with Crippen LogP contribution in [0.25, 0.3) is 0 Å². The van der Waals surface area contributed by atoms with Crippen LogP contribution in [0.15, 0.2) is 0 Å². The molecule has 1 unspecified atom stereocenters. The van der Waals surface area contributed by atoms with Crippen LogP contribution < -0.4 is 5.32 Å². The quantitative estimate of drug-likeness (QED) is 0.466. The van der Waals surface area contributed by atoms with E-state index < -0.39 is 0 Å². The summed E-state index contributed by atoms with van der Waals surface area (Å²) >= 11 is 0. The van der Waals surface area contributed by atoms with E-state index in [1.54, 1.807) is 7.11 Å². The third-order valence-electron chi connectivity index (χ3n) is 3.03. The molecule has 0 aromatic heterocycles. The van der Waals surface area contributed by atoms with Gasteiger partial charge in [-0.2, -0.15) is 0 Å². The lowest BCUT2D eigenvalue weighted by molar-refractivity contribution is 0.0252. The number of rotatable bonds is 15. The third-order valence-corrected chi connectivity index (χ3v) is 3.03. The number of unbranched alkanes of at least 4 members (excludes halogenated alkanes) is 3. The first-order valence-corrected chi connectivity index (χ1v) is 7.69. The Bertz CT molecular complexity index is 167. The highest BCUT2D eigenvalue weighted by molar-refractivity contribution is 4.60. The molecule has 116 valence electrons. The van der Waals surface area contributed by atoms with Crippen LogP contribution in [0.2, 0.25) is 0 Å². The predicted molar refractivity (Wildman–Crippen MR) is 79.7 cm³/mol. The Labute approximate surface area is 119 Å².